The molecule has 4 aromatic heterocycles. The van der Waals surface area contributed by atoms with Gasteiger partial charge in [-0.1, -0.05) is 47.6 Å². The fourth-order valence-corrected chi connectivity index (χ4v) is 3.62. The number of para-hydroxylation sites is 1. The Morgan fingerprint density at radius 2 is 1.77 bits per heavy atom. The summed E-state index contributed by atoms with van der Waals surface area (Å²) in [6.45, 7) is 2.11. The maximum absolute atomic E-state index is 6.13. The van der Waals surface area contributed by atoms with E-state index in [-0.39, 0.29) is 6.61 Å². The van der Waals surface area contributed by atoms with Crippen molar-refractivity contribution < 1.29 is 9.26 Å². The molecule has 0 unspecified atom stereocenters. The van der Waals surface area contributed by atoms with Gasteiger partial charge in [0.25, 0.3) is 0 Å². The lowest BCUT2D eigenvalue weighted by molar-refractivity contribution is 0.289. The standard InChI is InChI=1S/C23H16N6O2/c1-14-12-20(28-31-14)22-26-25-21-17-7-3-4-8-18(17)23(27-29(21)22)30-13-16-11-10-15-6-2-5-9-19(15)24-16/h2-12H,13H2,1H3. The molecule has 0 aliphatic rings. The van der Waals surface area contributed by atoms with Crippen LogP contribution in [0.15, 0.2) is 71.3 Å². The molecule has 6 aromatic rings. The fraction of sp³-hybridized carbons (Fsp3) is 0.0870. The average molecular weight is 408 g/mol. The van der Waals surface area contributed by atoms with Crippen LogP contribution in [0.2, 0.25) is 0 Å². The van der Waals surface area contributed by atoms with Crippen molar-refractivity contribution in [3.63, 3.8) is 0 Å². The molecule has 4 heterocycles. The number of ether oxygens (including phenoxy) is 1. The van der Waals surface area contributed by atoms with Crippen LogP contribution in [0.5, 0.6) is 5.88 Å². The molecule has 6 rings (SSSR count). The van der Waals surface area contributed by atoms with Gasteiger partial charge in [0, 0.05) is 22.2 Å². The van der Waals surface area contributed by atoms with Crippen molar-refractivity contribution in [2.24, 2.45) is 0 Å². The van der Waals surface area contributed by atoms with Crippen LogP contribution < -0.4 is 4.74 Å². The van der Waals surface area contributed by atoms with E-state index in [1.807, 2.05) is 67.6 Å². The highest BCUT2D eigenvalue weighted by atomic mass is 16.5. The lowest BCUT2D eigenvalue weighted by Crippen LogP contribution is -2.04. The SMILES string of the molecule is Cc1cc(-c2nnc3c4ccccc4c(OCc4ccc5ccccc5n4)nn23)no1. The van der Waals surface area contributed by atoms with E-state index in [4.69, 9.17) is 9.26 Å². The first-order chi connectivity index (χ1) is 15.3. The predicted octanol–water partition coefficient (Wildman–Crippen LogP) is 4.37. The Morgan fingerprint density at radius 3 is 2.65 bits per heavy atom. The van der Waals surface area contributed by atoms with E-state index in [1.54, 1.807) is 10.6 Å². The zero-order valence-electron chi connectivity index (χ0n) is 16.6. The van der Waals surface area contributed by atoms with Crippen molar-refractivity contribution in [1.29, 1.82) is 0 Å². The molecule has 0 aliphatic carbocycles. The monoisotopic (exact) mass is 408 g/mol. The van der Waals surface area contributed by atoms with Crippen molar-refractivity contribution in [1.82, 2.24) is 30.0 Å². The van der Waals surface area contributed by atoms with Crippen molar-refractivity contribution in [3.05, 3.63) is 78.2 Å². The second-order valence-electron chi connectivity index (χ2n) is 7.22. The maximum Gasteiger partial charge on any atom is 0.240 e. The minimum atomic E-state index is 0.286. The van der Waals surface area contributed by atoms with Gasteiger partial charge in [-0.3, -0.25) is 0 Å². The summed E-state index contributed by atoms with van der Waals surface area (Å²) in [7, 11) is 0. The molecule has 0 saturated carbocycles. The molecule has 0 N–H and O–H groups in total. The van der Waals surface area contributed by atoms with Crippen LogP contribution in [0.25, 0.3) is 38.8 Å². The van der Waals surface area contributed by atoms with Crippen molar-refractivity contribution in [3.8, 4) is 17.4 Å². The lowest BCUT2D eigenvalue weighted by Gasteiger charge is -2.10. The van der Waals surface area contributed by atoms with Gasteiger partial charge in [-0.25, -0.2) is 4.98 Å². The number of benzene rings is 2. The Kier molecular flexibility index (Phi) is 3.89. The van der Waals surface area contributed by atoms with Crippen molar-refractivity contribution in [2.75, 3.05) is 0 Å². The third-order valence-corrected chi connectivity index (χ3v) is 5.10. The minimum Gasteiger partial charge on any atom is -0.470 e. The Morgan fingerprint density at radius 1 is 0.935 bits per heavy atom. The molecule has 2 aromatic carbocycles. The molecule has 150 valence electrons. The first-order valence-electron chi connectivity index (χ1n) is 9.81. The summed E-state index contributed by atoms with van der Waals surface area (Å²) in [5.74, 6) is 1.65. The topological polar surface area (TPSA) is 91.2 Å². The normalized spacial score (nSPS) is 11.5. The Hall–Kier alpha value is -4.33. The summed E-state index contributed by atoms with van der Waals surface area (Å²) in [4.78, 5) is 4.68. The number of nitrogens with zero attached hydrogens (tertiary/aromatic N) is 6. The van der Waals surface area contributed by atoms with E-state index in [1.165, 1.54) is 0 Å². The van der Waals surface area contributed by atoms with E-state index in [0.29, 0.717) is 28.8 Å². The molecule has 0 aliphatic heterocycles. The van der Waals surface area contributed by atoms with Gasteiger partial charge >= 0.3 is 0 Å². The minimum absolute atomic E-state index is 0.286. The van der Waals surface area contributed by atoms with Crippen molar-refractivity contribution >= 4 is 27.3 Å². The van der Waals surface area contributed by atoms with E-state index >= 15 is 0 Å². The Balaban J connectivity index is 1.44. The molecular formula is C23H16N6O2. The Bertz CT molecular complexity index is 1570. The molecular weight excluding hydrogens is 392 g/mol. The summed E-state index contributed by atoms with van der Waals surface area (Å²) in [6.07, 6.45) is 0. The largest absolute Gasteiger partial charge is 0.470 e. The van der Waals surface area contributed by atoms with Gasteiger partial charge in [-0.05, 0) is 25.1 Å². The van der Waals surface area contributed by atoms with E-state index in [0.717, 1.165) is 27.4 Å². The van der Waals surface area contributed by atoms with Gasteiger partial charge < -0.3 is 9.26 Å². The molecule has 8 nitrogen and oxygen atoms in total. The van der Waals surface area contributed by atoms with Crippen LogP contribution in [-0.4, -0.2) is 30.0 Å². The molecule has 0 amide bonds. The summed E-state index contributed by atoms with van der Waals surface area (Å²) < 4.78 is 13.0. The highest BCUT2D eigenvalue weighted by Crippen LogP contribution is 2.29. The first-order valence-corrected chi connectivity index (χ1v) is 9.81. The van der Waals surface area contributed by atoms with Gasteiger partial charge in [0.2, 0.25) is 11.7 Å². The second kappa shape index (κ2) is 6.88. The van der Waals surface area contributed by atoms with E-state index in [2.05, 4.69) is 25.4 Å². The van der Waals surface area contributed by atoms with E-state index in [9.17, 15) is 0 Å². The fourth-order valence-electron chi connectivity index (χ4n) is 3.62. The average Bonchev–Trinajstić information content (AvgIpc) is 3.43. The Labute approximate surface area is 176 Å². The van der Waals surface area contributed by atoms with Crippen LogP contribution in [0.3, 0.4) is 0 Å². The molecule has 0 bridgehead atoms. The number of fused-ring (bicyclic) bond motifs is 4. The lowest BCUT2D eigenvalue weighted by atomic mass is 10.2. The number of hydrogen-bond acceptors (Lipinski definition) is 7. The summed E-state index contributed by atoms with van der Waals surface area (Å²) in [5, 5.41) is 20.2. The number of rotatable bonds is 4. The summed E-state index contributed by atoms with van der Waals surface area (Å²) in [6, 6.07) is 21.6. The molecule has 8 heteroatoms. The van der Waals surface area contributed by atoms with Crippen molar-refractivity contribution in [2.45, 2.75) is 13.5 Å². The molecule has 0 atom stereocenters. The van der Waals surface area contributed by atoms with Gasteiger partial charge in [-0.15, -0.1) is 15.3 Å². The van der Waals surface area contributed by atoms with Gasteiger partial charge in [-0.2, -0.15) is 4.52 Å². The van der Waals surface area contributed by atoms with Gasteiger partial charge in [0.05, 0.1) is 11.2 Å². The van der Waals surface area contributed by atoms with Crippen LogP contribution in [-0.2, 0) is 6.61 Å². The number of aryl methyl sites for hydroxylation is 1. The zero-order valence-corrected chi connectivity index (χ0v) is 16.6. The van der Waals surface area contributed by atoms with Crippen LogP contribution in [0.1, 0.15) is 11.5 Å². The van der Waals surface area contributed by atoms with Gasteiger partial charge in [0.15, 0.2) is 11.3 Å². The number of pyridine rings is 1. The maximum atomic E-state index is 6.13. The first kappa shape index (κ1) is 17.5. The summed E-state index contributed by atoms with van der Waals surface area (Å²) >= 11 is 0. The highest BCUT2D eigenvalue weighted by molar-refractivity contribution is 5.97. The van der Waals surface area contributed by atoms with Crippen LogP contribution >= 0.6 is 0 Å². The molecule has 0 radical (unpaired) electrons. The molecule has 0 fully saturated rings. The van der Waals surface area contributed by atoms with Crippen LogP contribution in [0.4, 0.5) is 0 Å². The van der Waals surface area contributed by atoms with Crippen LogP contribution in [0, 0.1) is 6.92 Å². The third kappa shape index (κ3) is 2.96. The molecule has 31 heavy (non-hydrogen) atoms. The zero-order chi connectivity index (χ0) is 20.8. The predicted molar refractivity (Wildman–Crippen MR) is 115 cm³/mol. The molecule has 0 saturated heterocycles. The third-order valence-electron chi connectivity index (χ3n) is 5.10. The van der Waals surface area contributed by atoms with Gasteiger partial charge in [0.1, 0.15) is 12.4 Å². The number of aromatic nitrogens is 6. The smallest absolute Gasteiger partial charge is 0.240 e. The second-order valence-corrected chi connectivity index (χ2v) is 7.22. The quantitative estimate of drug-likeness (QED) is 0.428. The molecule has 0 spiro atoms. The van der Waals surface area contributed by atoms with E-state index < -0.39 is 0 Å². The number of hydrogen-bond donors (Lipinski definition) is 0. The summed E-state index contributed by atoms with van der Waals surface area (Å²) in [5.41, 5.74) is 2.94. The highest BCUT2D eigenvalue weighted by Gasteiger charge is 2.18.